The predicted molar refractivity (Wildman–Crippen MR) is 93.9 cm³/mol. The van der Waals surface area contributed by atoms with Gasteiger partial charge in [-0.2, -0.15) is 5.26 Å². The lowest BCUT2D eigenvalue weighted by Gasteiger charge is -2.41. The first-order valence-electron chi connectivity index (χ1n) is 8.78. The molecular formula is C19H31N3. The second-order valence-electron chi connectivity index (χ2n) is 6.18. The van der Waals surface area contributed by atoms with E-state index in [1.165, 1.54) is 25.7 Å². The molecule has 0 bridgehead atoms. The monoisotopic (exact) mass is 301 g/mol. The molecule has 122 valence electrons. The van der Waals surface area contributed by atoms with Crippen LogP contribution in [0.2, 0.25) is 0 Å². The Morgan fingerprint density at radius 1 is 1.36 bits per heavy atom. The van der Waals surface area contributed by atoms with Crippen LogP contribution in [0.4, 0.5) is 5.82 Å². The summed E-state index contributed by atoms with van der Waals surface area (Å²) in [4.78, 5) is 6.93. The van der Waals surface area contributed by atoms with Crippen molar-refractivity contribution in [1.82, 2.24) is 4.98 Å². The molecule has 1 aromatic heterocycles. The summed E-state index contributed by atoms with van der Waals surface area (Å²) in [5.74, 6) is 2.64. The molecule has 1 aliphatic rings. The van der Waals surface area contributed by atoms with Gasteiger partial charge in [-0.3, -0.25) is 0 Å². The van der Waals surface area contributed by atoms with Crippen LogP contribution in [-0.4, -0.2) is 17.6 Å². The second kappa shape index (κ2) is 9.46. The second-order valence-corrected chi connectivity index (χ2v) is 6.18. The van der Waals surface area contributed by atoms with Crippen LogP contribution in [0, 0.1) is 23.2 Å². The van der Waals surface area contributed by atoms with Gasteiger partial charge >= 0.3 is 0 Å². The molecule has 1 aliphatic heterocycles. The number of rotatable bonds is 4. The maximum absolute atomic E-state index is 8.87. The maximum Gasteiger partial charge on any atom is 0.128 e. The van der Waals surface area contributed by atoms with Crippen molar-refractivity contribution in [2.24, 2.45) is 11.8 Å². The minimum absolute atomic E-state index is 0.599. The van der Waals surface area contributed by atoms with E-state index < -0.39 is 0 Å². The Bertz CT molecular complexity index is 459. The van der Waals surface area contributed by atoms with Gasteiger partial charge in [-0.05, 0) is 43.2 Å². The van der Waals surface area contributed by atoms with Crippen LogP contribution in [0.15, 0.2) is 18.3 Å². The highest BCUT2D eigenvalue weighted by Gasteiger charge is 2.29. The van der Waals surface area contributed by atoms with Crippen molar-refractivity contribution in [3.63, 3.8) is 0 Å². The molecule has 2 unspecified atom stereocenters. The van der Waals surface area contributed by atoms with Crippen molar-refractivity contribution in [3.05, 3.63) is 23.9 Å². The average Bonchev–Trinajstić information content (AvgIpc) is 2.57. The molecule has 0 saturated carbocycles. The molecule has 0 N–H and O–H groups in total. The number of aromatic nitrogens is 1. The van der Waals surface area contributed by atoms with E-state index in [4.69, 9.17) is 5.26 Å². The fourth-order valence-corrected chi connectivity index (χ4v) is 3.22. The number of pyridine rings is 1. The number of anilines is 1. The Balaban J connectivity index is 0.00000116. The molecular weight excluding hydrogens is 270 g/mol. The van der Waals surface area contributed by atoms with Crippen molar-refractivity contribution in [3.8, 4) is 6.07 Å². The molecule has 3 nitrogen and oxygen atoms in total. The lowest BCUT2D eigenvalue weighted by molar-refractivity contribution is 0.261. The lowest BCUT2D eigenvalue weighted by Crippen LogP contribution is -2.44. The summed E-state index contributed by atoms with van der Waals surface area (Å²) in [7, 11) is 0. The molecule has 0 aliphatic carbocycles. The number of piperidine rings is 1. The van der Waals surface area contributed by atoms with Crippen LogP contribution in [0.5, 0.6) is 0 Å². The Hall–Kier alpha value is -1.56. The molecule has 1 saturated heterocycles. The Morgan fingerprint density at radius 3 is 2.59 bits per heavy atom. The third kappa shape index (κ3) is 4.73. The van der Waals surface area contributed by atoms with Gasteiger partial charge in [0.2, 0.25) is 0 Å². The summed E-state index contributed by atoms with van der Waals surface area (Å²) < 4.78 is 0. The third-order valence-corrected chi connectivity index (χ3v) is 4.49. The molecule has 0 spiro atoms. The summed E-state index contributed by atoms with van der Waals surface area (Å²) >= 11 is 0. The van der Waals surface area contributed by atoms with Gasteiger partial charge in [-0.1, -0.05) is 41.0 Å². The first kappa shape index (κ1) is 18.5. The zero-order valence-electron chi connectivity index (χ0n) is 14.8. The molecule has 0 radical (unpaired) electrons. The SMILES string of the molecule is CC.CCCC1CC(C(C)C)CCN1c1ccc(C#N)cn1. The zero-order chi connectivity index (χ0) is 16.5. The van der Waals surface area contributed by atoms with Gasteiger partial charge in [-0.25, -0.2) is 4.98 Å². The summed E-state index contributed by atoms with van der Waals surface area (Å²) in [5.41, 5.74) is 0.637. The van der Waals surface area contributed by atoms with E-state index in [1.54, 1.807) is 6.20 Å². The number of nitriles is 1. The van der Waals surface area contributed by atoms with E-state index in [9.17, 15) is 0 Å². The highest BCUT2D eigenvalue weighted by molar-refractivity contribution is 5.43. The summed E-state index contributed by atoms with van der Waals surface area (Å²) in [6.45, 7) is 12.0. The highest BCUT2D eigenvalue weighted by atomic mass is 15.2. The maximum atomic E-state index is 8.87. The predicted octanol–water partition coefficient (Wildman–Crippen LogP) is 5.02. The topological polar surface area (TPSA) is 39.9 Å². The zero-order valence-corrected chi connectivity index (χ0v) is 14.8. The molecule has 3 heteroatoms. The van der Waals surface area contributed by atoms with Crippen LogP contribution >= 0.6 is 0 Å². The van der Waals surface area contributed by atoms with E-state index in [2.05, 4.69) is 36.7 Å². The molecule has 0 amide bonds. The van der Waals surface area contributed by atoms with Gasteiger partial charge in [0.1, 0.15) is 11.9 Å². The first-order valence-corrected chi connectivity index (χ1v) is 8.78. The average molecular weight is 301 g/mol. The van der Waals surface area contributed by atoms with Crippen LogP contribution < -0.4 is 4.90 Å². The van der Waals surface area contributed by atoms with Gasteiger partial charge in [0.15, 0.2) is 0 Å². The fraction of sp³-hybridized carbons (Fsp3) is 0.684. The smallest absolute Gasteiger partial charge is 0.128 e. The fourth-order valence-electron chi connectivity index (χ4n) is 3.22. The Labute approximate surface area is 136 Å². The standard InChI is InChI=1S/C17H25N3.C2H6/c1-4-5-16-10-15(13(2)3)8-9-20(16)17-7-6-14(11-18)12-19-17;1-2/h6-7,12-13,15-16H,4-5,8-10H2,1-3H3;1-2H3. The highest BCUT2D eigenvalue weighted by Crippen LogP contribution is 2.33. The van der Waals surface area contributed by atoms with Crippen molar-refractivity contribution >= 4 is 5.82 Å². The largest absolute Gasteiger partial charge is 0.354 e. The lowest BCUT2D eigenvalue weighted by atomic mass is 9.81. The summed E-state index contributed by atoms with van der Waals surface area (Å²) in [6, 6.07) is 6.60. The molecule has 2 heterocycles. The molecule has 2 rings (SSSR count). The van der Waals surface area contributed by atoms with E-state index in [-0.39, 0.29) is 0 Å². The number of hydrogen-bond acceptors (Lipinski definition) is 3. The van der Waals surface area contributed by atoms with Gasteiger partial charge in [-0.15, -0.1) is 0 Å². The summed E-state index contributed by atoms with van der Waals surface area (Å²) in [5, 5.41) is 8.87. The molecule has 0 aromatic carbocycles. The van der Waals surface area contributed by atoms with Gasteiger partial charge < -0.3 is 4.90 Å². The summed E-state index contributed by atoms with van der Waals surface area (Å²) in [6.07, 6.45) is 6.65. The van der Waals surface area contributed by atoms with Crippen LogP contribution in [0.3, 0.4) is 0 Å². The first-order chi connectivity index (χ1) is 10.7. The van der Waals surface area contributed by atoms with E-state index in [1.807, 2.05) is 26.0 Å². The molecule has 2 atom stereocenters. The van der Waals surface area contributed by atoms with Crippen molar-refractivity contribution < 1.29 is 0 Å². The molecule has 1 fully saturated rings. The van der Waals surface area contributed by atoms with Crippen molar-refractivity contribution in [2.75, 3.05) is 11.4 Å². The van der Waals surface area contributed by atoms with Gasteiger partial charge in [0.25, 0.3) is 0 Å². The third-order valence-electron chi connectivity index (χ3n) is 4.49. The number of hydrogen-bond donors (Lipinski definition) is 0. The Morgan fingerprint density at radius 2 is 2.09 bits per heavy atom. The van der Waals surface area contributed by atoms with E-state index in [0.29, 0.717) is 11.6 Å². The van der Waals surface area contributed by atoms with Crippen LogP contribution in [-0.2, 0) is 0 Å². The normalized spacial score (nSPS) is 21.0. The molecule has 22 heavy (non-hydrogen) atoms. The minimum atomic E-state index is 0.599. The van der Waals surface area contributed by atoms with E-state index >= 15 is 0 Å². The van der Waals surface area contributed by atoms with E-state index in [0.717, 1.165) is 24.2 Å². The quantitative estimate of drug-likeness (QED) is 0.784. The minimum Gasteiger partial charge on any atom is -0.354 e. The number of nitrogens with zero attached hydrogens (tertiary/aromatic N) is 3. The van der Waals surface area contributed by atoms with Crippen molar-refractivity contribution in [1.29, 1.82) is 5.26 Å². The molecule has 1 aromatic rings. The van der Waals surface area contributed by atoms with Crippen molar-refractivity contribution in [2.45, 2.75) is 66.3 Å². The Kier molecular flexibility index (Phi) is 7.95. The van der Waals surface area contributed by atoms with Gasteiger partial charge in [0, 0.05) is 18.8 Å². The van der Waals surface area contributed by atoms with Gasteiger partial charge in [0.05, 0.1) is 5.56 Å². The van der Waals surface area contributed by atoms with Crippen LogP contribution in [0.25, 0.3) is 0 Å². The van der Waals surface area contributed by atoms with Crippen LogP contribution in [0.1, 0.15) is 65.9 Å².